The molecule has 1 aromatic rings. The molecule has 174 valence electrons. The predicted octanol–water partition coefficient (Wildman–Crippen LogP) is 3.95. The monoisotopic (exact) mass is 444 g/mol. The SMILES string of the molecule is [2H]c1c(OC)c(OC)c([2H])c2c1C1CC(OC(=O)[C@@H](N)C(C)(C)C)C(C([2H])([2H])C([2H])(C)C([2H])([2H])[2H])CN1C([2H])([2H])C2([2H])[2H]. The minimum atomic E-state index is -3.15. The summed E-state index contributed by atoms with van der Waals surface area (Å²) < 4.78 is 119. The van der Waals surface area contributed by atoms with Gasteiger partial charge in [-0.25, -0.2) is 0 Å². The summed E-state index contributed by atoms with van der Waals surface area (Å²) in [6.07, 6.45) is -7.79. The van der Waals surface area contributed by atoms with E-state index in [4.69, 9.17) is 36.4 Å². The largest absolute Gasteiger partial charge is 0.493 e. The fourth-order valence-corrected chi connectivity index (χ4v) is 3.73. The molecule has 1 fully saturated rings. The Balaban J connectivity index is 2.33. The van der Waals surface area contributed by atoms with E-state index >= 15 is 0 Å². The minimum Gasteiger partial charge on any atom is -0.493 e. The first-order chi connectivity index (χ1) is 19.2. The van der Waals surface area contributed by atoms with Gasteiger partial charge < -0.3 is 19.9 Å². The van der Waals surface area contributed by atoms with Crippen LogP contribution >= 0.6 is 0 Å². The Kier molecular flexibility index (Phi) is 3.76. The summed E-state index contributed by atoms with van der Waals surface area (Å²) in [5, 5.41) is 0. The molecule has 0 amide bonds. The van der Waals surface area contributed by atoms with Crippen molar-refractivity contribution in [3.8, 4) is 11.5 Å². The van der Waals surface area contributed by atoms with Gasteiger partial charge >= 0.3 is 5.97 Å². The van der Waals surface area contributed by atoms with E-state index in [-0.39, 0.29) is 17.1 Å². The van der Waals surface area contributed by atoms with Gasteiger partial charge in [-0.05, 0) is 47.3 Å². The molecule has 1 aromatic carbocycles. The molecule has 2 aliphatic heterocycles. The molecule has 6 heteroatoms. The second kappa shape index (κ2) is 9.37. The van der Waals surface area contributed by atoms with Gasteiger partial charge in [0.25, 0.3) is 0 Å². The van der Waals surface area contributed by atoms with Crippen molar-refractivity contribution in [2.45, 2.75) is 71.9 Å². The van der Waals surface area contributed by atoms with Gasteiger partial charge in [-0.3, -0.25) is 9.69 Å². The number of fused-ring (bicyclic) bond motifs is 3. The molecule has 0 radical (unpaired) electrons. The van der Waals surface area contributed by atoms with Gasteiger partial charge in [0, 0.05) is 45.1 Å². The van der Waals surface area contributed by atoms with Crippen molar-refractivity contribution in [2.75, 3.05) is 27.3 Å². The van der Waals surface area contributed by atoms with Crippen LogP contribution in [-0.4, -0.2) is 50.3 Å². The average Bonchev–Trinajstić information content (AvgIpc) is 2.85. The number of hydrogen-bond donors (Lipinski definition) is 1. The van der Waals surface area contributed by atoms with Crippen LogP contribution in [0.2, 0.25) is 0 Å². The summed E-state index contributed by atoms with van der Waals surface area (Å²) >= 11 is 0. The maximum absolute atomic E-state index is 13.2. The van der Waals surface area contributed by atoms with E-state index in [1.165, 1.54) is 14.2 Å². The molecule has 0 aliphatic carbocycles. The van der Waals surface area contributed by atoms with Crippen molar-refractivity contribution in [2.24, 2.45) is 23.0 Å². The van der Waals surface area contributed by atoms with Crippen molar-refractivity contribution < 1.29 is 35.5 Å². The number of nitrogens with zero attached hydrogens (tertiary/aromatic N) is 1. The van der Waals surface area contributed by atoms with Crippen molar-refractivity contribution in [1.29, 1.82) is 0 Å². The molecule has 0 bridgehead atoms. The highest BCUT2D eigenvalue weighted by Gasteiger charge is 2.42. The molecular formula is C25H40N2O4. The van der Waals surface area contributed by atoms with Gasteiger partial charge in [-0.15, -0.1) is 0 Å². The number of carbonyl (C=O) groups excluding carboxylic acids is 1. The van der Waals surface area contributed by atoms with Crippen LogP contribution in [0, 0.1) is 17.2 Å². The molecule has 5 atom stereocenters. The summed E-state index contributed by atoms with van der Waals surface area (Å²) in [5.74, 6) is -5.81. The highest BCUT2D eigenvalue weighted by Crippen LogP contribution is 2.44. The summed E-state index contributed by atoms with van der Waals surface area (Å²) in [6, 6.07) is -3.37. The Labute approximate surface area is 204 Å². The molecule has 1 saturated heterocycles. The molecule has 2 aliphatic rings. The quantitative estimate of drug-likeness (QED) is 0.670. The lowest BCUT2D eigenvalue weighted by Gasteiger charge is -2.47. The second-order valence-electron chi connectivity index (χ2n) is 8.94. The Bertz CT molecular complexity index is 1260. The summed E-state index contributed by atoms with van der Waals surface area (Å²) in [4.78, 5) is 14.2. The van der Waals surface area contributed by atoms with Gasteiger partial charge in [0.1, 0.15) is 12.1 Å². The Morgan fingerprint density at radius 3 is 2.71 bits per heavy atom. The highest BCUT2D eigenvalue weighted by atomic mass is 16.5. The Morgan fingerprint density at radius 1 is 1.42 bits per heavy atom. The van der Waals surface area contributed by atoms with E-state index in [9.17, 15) is 4.79 Å². The molecular weight excluding hydrogens is 392 g/mol. The van der Waals surface area contributed by atoms with Gasteiger partial charge in [0.15, 0.2) is 11.5 Å². The Morgan fingerprint density at radius 2 is 2.10 bits per heavy atom. The first kappa shape index (κ1) is 12.4. The van der Waals surface area contributed by atoms with Crippen LogP contribution < -0.4 is 15.2 Å². The van der Waals surface area contributed by atoms with Crippen molar-refractivity contribution >= 4 is 5.97 Å². The number of rotatable bonds is 6. The third kappa shape index (κ3) is 5.17. The lowest BCUT2D eigenvalue weighted by Crippen LogP contribution is -2.51. The standard InChI is InChI=1S/C25H40N2O4/c1-15(2)10-17-14-27-9-8-16-11-21(29-6)22(30-7)12-18(16)19(27)13-20(17)31-24(28)23(26)25(3,4)5/h11-12,15,17,19-20,23H,8-10,13-14,26H2,1-7H3/t17?,19?,20?,23-/m1/s1/i1D3,8D2,9D2,10D2,11D,12D,15D/t15?,17?,19?,20?,23-. The zero-order chi connectivity index (χ0) is 33.5. The van der Waals surface area contributed by atoms with Crippen LogP contribution in [0.4, 0.5) is 0 Å². The number of carbonyl (C=O) groups is 1. The van der Waals surface area contributed by atoms with Crippen LogP contribution in [0.15, 0.2) is 12.1 Å². The summed E-state index contributed by atoms with van der Waals surface area (Å²) in [5.41, 5.74) is 4.74. The second-order valence-corrected chi connectivity index (χ2v) is 8.94. The smallest absolute Gasteiger partial charge is 0.323 e. The predicted molar refractivity (Wildman–Crippen MR) is 122 cm³/mol. The topological polar surface area (TPSA) is 74.0 Å². The van der Waals surface area contributed by atoms with Gasteiger partial charge in [0.2, 0.25) is 0 Å². The van der Waals surface area contributed by atoms with Crippen LogP contribution in [0.3, 0.4) is 0 Å². The van der Waals surface area contributed by atoms with Crippen molar-refractivity contribution in [1.82, 2.24) is 4.90 Å². The molecule has 31 heavy (non-hydrogen) atoms. The lowest BCUT2D eigenvalue weighted by molar-refractivity contribution is -0.161. The molecule has 2 N–H and O–H groups in total. The first-order valence-electron chi connectivity index (χ1n) is 16.2. The number of methoxy groups -OCH3 is 2. The average molecular weight is 445 g/mol. The first-order valence-corrected chi connectivity index (χ1v) is 10.2. The maximum Gasteiger partial charge on any atom is 0.323 e. The fourth-order valence-electron chi connectivity index (χ4n) is 3.73. The van der Waals surface area contributed by atoms with Crippen LogP contribution in [-0.2, 0) is 15.9 Å². The zero-order valence-corrected chi connectivity index (χ0v) is 18.9. The molecule has 3 rings (SSSR count). The molecule has 0 saturated carbocycles. The molecule has 6 nitrogen and oxygen atoms in total. The van der Waals surface area contributed by atoms with Crippen LogP contribution in [0.1, 0.15) is 81.0 Å². The Hall–Kier alpha value is -1.79. The van der Waals surface area contributed by atoms with Crippen LogP contribution in [0.5, 0.6) is 11.5 Å². The van der Waals surface area contributed by atoms with Gasteiger partial charge in [-0.2, -0.15) is 0 Å². The van der Waals surface area contributed by atoms with Gasteiger partial charge in [0.05, 0.1) is 17.0 Å². The van der Waals surface area contributed by atoms with E-state index < -0.39 is 98.1 Å². The third-order valence-corrected chi connectivity index (χ3v) is 5.56. The lowest BCUT2D eigenvalue weighted by atomic mass is 9.79. The van der Waals surface area contributed by atoms with Crippen LogP contribution in [0.25, 0.3) is 0 Å². The zero-order valence-electron chi connectivity index (χ0n) is 30.9. The third-order valence-electron chi connectivity index (χ3n) is 5.56. The van der Waals surface area contributed by atoms with E-state index in [2.05, 4.69) is 0 Å². The maximum atomic E-state index is 13.2. The molecule has 0 spiro atoms. The molecule has 0 aromatic heterocycles. The highest BCUT2D eigenvalue weighted by molar-refractivity contribution is 5.76. The summed E-state index contributed by atoms with van der Waals surface area (Å²) in [6.45, 7) is -0.842. The number of piperidine rings is 1. The number of esters is 1. The number of nitrogens with two attached hydrogens (primary N) is 1. The van der Waals surface area contributed by atoms with E-state index in [0.717, 1.165) is 11.8 Å². The van der Waals surface area contributed by atoms with Crippen molar-refractivity contribution in [3.05, 3.63) is 23.2 Å². The fraction of sp³-hybridized carbons (Fsp3) is 0.720. The van der Waals surface area contributed by atoms with Gasteiger partial charge in [-0.1, -0.05) is 34.5 Å². The molecule has 4 unspecified atom stereocenters. The normalized spacial score (nSPS) is 36.5. The van der Waals surface area contributed by atoms with Crippen molar-refractivity contribution in [3.63, 3.8) is 0 Å². The molecule has 2 heterocycles. The number of benzene rings is 1. The number of hydrogen-bond acceptors (Lipinski definition) is 6. The summed E-state index contributed by atoms with van der Waals surface area (Å²) in [7, 11) is 2.43. The van der Waals surface area contributed by atoms with E-state index in [1.807, 2.05) is 0 Å². The number of ether oxygens (including phenoxy) is 3. The van der Waals surface area contributed by atoms with E-state index in [0.29, 0.717) is 0 Å². The van der Waals surface area contributed by atoms with E-state index in [1.54, 1.807) is 20.8 Å². The minimum absolute atomic E-state index is 0.132.